The van der Waals surface area contributed by atoms with Gasteiger partial charge in [-0.15, -0.1) is 0 Å². The highest BCUT2D eigenvalue weighted by atomic mass is 16.3. The number of hydrogen-bond donors (Lipinski definition) is 0. The van der Waals surface area contributed by atoms with E-state index in [1.165, 1.54) is 55.3 Å². The number of para-hydroxylation sites is 1. The van der Waals surface area contributed by atoms with Crippen molar-refractivity contribution in [2.45, 2.75) is 19.3 Å². The summed E-state index contributed by atoms with van der Waals surface area (Å²) >= 11 is 0. The summed E-state index contributed by atoms with van der Waals surface area (Å²) in [5.74, 6) is 0. The van der Waals surface area contributed by atoms with Crippen LogP contribution in [0.25, 0.3) is 66.1 Å². The van der Waals surface area contributed by atoms with Crippen molar-refractivity contribution in [3.8, 4) is 33.4 Å². The molecule has 242 valence electrons. The largest absolute Gasteiger partial charge is 0.456 e. The molecule has 51 heavy (non-hydrogen) atoms. The van der Waals surface area contributed by atoms with Crippen LogP contribution in [0.15, 0.2) is 180 Å². The van der Waals surface area contributed by atoms with E-state index in [1.807, 2.05) is 12.1 Å². The molecule has 0 N–H and O–H groups in total. The second-order valence-electron chi connectivity index (χ2n) is 14.2. The molecule has 9 aromatic rings. The minimum Gasteiger partial charge on any atom is -0.456 e. The Labute approximate surface area is 297 Å². The molecule has 1 aromatic heterocycles. The molecule has 1 aliphatic rings. The number of furan rings is 1. The topological polar surface area (TPSA) is 16.4 Å². The smallest absolute Gasteiger partial charge is 0.135 e. The lowest BCUT2D eigenvalue weighted by molar-refractivity contribution is 0.660. The van der Waals surface area contributed by atoms with Crippen LogP contribution in [0.2, 0.25) is 0 Å². The van der Waals surface area contributed by atoms with Gasteiger partial charge in [-0.2, -0.15) is 0 Å². The summed E-state index contributed by atoms with van der Waals surface area (Å²) in [6.07, 6.45) is 0. The van der Waals surface area contributed by atoms with Crippen LogP contribution in [-0.2, 0) is 5.41 Å². The highest BCUT2D eigenvalue weighted by molar-refractivity contribution is 6.06. The molecule has 0 saturated heterocycles. The van der Waals surface area contributed by atoms with Gasteiger partial charge in [0, 0.05) is 33.2 Å². The average Bonchev–Trinajstić information content (AvgIpc) is 3.66. The summed E-state index contributed by atoms with van der Waals surface area (Å²) in [5.41, 5.74) is 15.3. The van der Waals surface area contributed by atoms with Gasteiger partial charge in [-0.1, -0.05) is 129 Å². The summed E-state index contributed by atoms with van der Waals surface area (Å²) in [7, 11) is 0. The van der Waals surface area contributed by atoms with E-state index in [0.29, 0.717) is 0 Å². The lowest BCUT2D eigenvalue weighted by Gasteiger charge is -2.26. The Morgan fingerprint density at radius 3 is 1.94 bits per heavy atom. The van der Waals surface area contributed by atoms with Gasteiger partial charge < -0.3 is 9.32 Å². The molecule has 1 aliphatic carbocycles. The second-order valence-corrected chi connectivity index (χ2v) is 14.2. The zero-order chi connectivity index (χ0) is 34.1. The molecular formula is C49H35NO. The molecule has 0 amide bonds. The summed E-state index contributed by atoms with van der Waals surface area (Å²) in [6.45, 7) is 4.68. The fourth-order valence-electron chi connectivity index (χ4n) is 8.18. The predicted octanol–water partition coefficient (Wildman–Crippen LogP) is 13.8. The molecule has 0 aliphatic heterocycles. The van der Waals surface area contributed by atoms with Gasteiger partial charge >= 0.3 is 0 Å². The average molecular weight is 654 g/mol. The van der Waals surface area contributed by atoms with Crippen molar-refractivity contribution in [3.05, 3.63) is 187 Å². The molecular weight excluding hydrogens is 619 g/mol. The van der Waals surface area contributed by atoms with Crippen LogP contribution in [0.3, 0.4) is 0 Å². The molecule has 2 heteroatoms. The van der Waals surface area contributed by atoms with Gasteiger partial charge in [0.1, 0.15) is 11.2 Å². The third kappa shape index (κ3) is 4.79. The molecule has 10 rings (SSSR count). The first kappa shape index (κ1) is 29.5. The maximum atomic E-state index is 6.22. The maximum absolute atomic E-state index is 6.22. The van der Waals surface area contributed by atoms with Crippen LogP contribution in [0.4, 0.5) is 17.1 Å². The highest BCUT2D eigenvalue weighted by Crippen LogP contribution is 2.49. The van der Waals surface area contributed by atoms with Gasteiger partial charge in [-0.25, -0.2) is 0 Å². The van der Waals surface area contributed by atoms with Crippen molar-refractivity contribution in [2.75, 3.05) is 4.90 Å². The van der Waals surface area contributed by atoms with E-state index in [2.05, 4.69) is 183 Å². The first-order valence-electron chi connectivity index (χ1n) is 17.7. The summed E-state index contributed by atoms with van der Waals surface area (Å²) in [5, 5.41) is 4.72. The van der Waals surface area contributed by atoms with Gasteiger partial charge in [0.05, 0.1) is 0 Å². The van der Waals surface area contributed by atoms with Gasteiger partial charge in [-0.05, 0) is 116 Å². The third-order valence-electron chi connectivity index (χ3n) is 10.8. The van der Waals surface area contributed by atoms with Crippen molar-refractivity contribution in [1.82, 2.24) is 0 Å². The molecule has 0 bridgehead atoms. The van der Waals surface area contributed by atoms with Crippen LogP contribution in [0.5, 0.6) is 0 Å². The SMILES string of the molecule is CC1(C)c2ccccc2-c2ccc(-c3ccc(N(c4cccc(-c5ccc6ccccc6c5)c4)c4ccc5oc6ccccc6c5c4)cc3)cc21. The number of nitrogens with zero attached hydrogens (tertiary/aromatic N) is 1. The Hall–Kier alpha value is -6.38. The highest BCUT2D eigenvalue weighted by Gasteiger charge is 2.35. The standard InChI is InChI=1S/C49H35NO/c1-49(2)45-16-7-5-14-41(45)42-26-22-37(30-46(42)49)33-20-23-38(24-21-33)50(40-25-27-48-44(31-40)43-15-6-8-17-47(43)51-48)39-13-9-12-35(29-39)36-19-18-32-10-3-4-11-34(32)28-36/h3-31H,1-2H3. The molecule has 0 saturated carbocycles. The van der Waals surface area contributed by atoms with E-state index in [4.69, 9.17) is 4.42 Å². The molecule has 2 nitrogen and oxygen atoms in total. The molecule has 0 spiro atoms. The molecule has 0 fully saturated rings. The fourth-order valence-corrected chi connectivity index (χ4v) is 8.18. The van der Waals surface area contributed by atoms with Crippen LogP contribution < -0.4 is 4.90 Å². The van der Waals surface area contributed by atoms with E-state index in [1.54, 1.807) is 0 Å². The van der Waals surface area contributed by atoms with E-state index >= 15 is 0 Å². The van der Waals surface area contributed by atoms with Crippen molar-refractivity contribution < 1.29 is 4.42 Å². The fraction of sp³-hybridized carbons (Fsp3) is 0.0612. The minimum atomic E-state index is -0.0371. The van der Waals surface area contributed by atoms with Gasteiger partial charge in [0.2, 0.25) is 0 Å². The summed E-state index contributed by atoms with van der Waals surface area (Å²) in [4.78, 5) is 2.36. The molecule has 0 unspecified atom stereocenters. The Balaban J connectivity index is 1.08. The monoisotopic (exact) mass is 653 g/mol. The zero-order valence-electron chi connectivity index (χ0n) is 28.6. The van der Waals surface area contributed by atoms with Gasteiger partial charge in [0.15, 0.2) is 0 Å². The zero-order valence-corrected chi connectivity index (χ0v) is 28.6. The molecule has 1 heterocycles. The van der Waals surface area contributed by atoms with E-state index in [-0.39, 0.29) is 5.41 Å². The second kappa shape index (κ2) is 11.3. The summed E-state index contributed by atoms with van der Waals surface area (Å²) in [6, 6.07) is 63.8. The van der Waals surface area contributed by atoms with Crippen LogP contribution in [0, 0.1) is 0 Å². The number of anilines is 3. The minimum absolute atomic E-state index is 0.0371. The Morgan fingerprint density at radius 2 is 1.04 bits per heavy atom. The number of rotatable bonds is 5. The molecule has 0 atom stereocenters. The molecule has 8 aromatic carbocycles. The number of benzene rings is 8. The Bertz CT molecular complexity index is 2780. The number of fused-ring (bicyclic) bond motifs is 7. The number of hydrogen-bond acceptors (Lipinski definition) is 2. The third-order valence-corrected chi connectivity index (χ3v) is 10.8. The van der Waals surface area contributed by atoms with Gasteiger partial charge in [0.25, 0.3) is 0 Å². The lowest BCUT2D eigenvalue weighted by Crippen LogP contribution is -2.14. The van der Waals surface area contributed by atoms with Crippen LogP contribution in [0.1, 0.15) is 25.0 Å². The van der Waals surface area contributed by atoms with E-state index < -0.39 is 0 Å². The van der Waals surface area contributed by atoms with Crippen LogP contribution >= 0.6 is 0 Å². The lowest BCUT2D eigenvalue weighted by atomic mass is 9.81. The normalized spacial score (nSPS) is 13.1. The first-order valence-corrected chi connectivity index (χ1v) is 17.7. The maximum Gasteiger partial charge on any atom is 0.135 e. The Kier molecular flexibility index (Phi) is 6.56. The van der Waals surface area contributed by atoms with Crippen molar-refractivity contribution in [3.63, 3.8) is 0 Å². The van der Waals surface area contributed by atoms with Crippen molar-refractivity contribution >= 4 is 49.8 Å². The van der Waals surface area contributed by atoms with Gasteiger partial charge in [-0.3, -0.25) is 0 Å². The Morgan fingerprint density at radius 1 is 0.392 bits per heavy atom. The predicted molar refractivity (Wildman–Crippen MR) is 214 cm³/mol. The summed E-state index contributed by atoms with van der Waals surface area (Å²) < 4.78 is 6.22. The molecule has 0 radical (unpaired) electrons. The van der Waals surface area contributed by atoms with Crippen LogP contribution in [-0.4, -0.2) is 0 Å². The van der Waals surface area contributed by atoms with E-state index in [9.17, 15) is 0 Å². The first-order chi connectivity index (χ1) is 25.0. The van der Waals surface area contributed by atoms with Crippen molar-refractivity contribution in [1.29, 1.82) is 0 Å². The van der Waals surface area contributed by atoms with Crippen molar-refractivity contribution in [2.24, 2.45) is 0 Å². The quantitative estimate of drug-likeness (QED) is 0.184. The van der Waals surface area contributed by atoms with E-state index in [0.717, 1.165) is 39.0 Å².